The number of rotatable bonds is 6. The molecule has 1 saturated heterocycles. The van der Waals surface area contributed by atoms with Crippen molar-refractivity contribution in [1.82, 2.24) is 10.2 Å². The molecule has 1 aliphatic heterocycles. The molecule has 2 aromatic carbocycles. The molecule has 0 radical (unpaired) electrons. The third kappa shape index (κ3) is 6.34. The SMILES string of the molecule is CN=C(NCCc1ccc(S(C)(=O)=O)cc1)N1CCC(c2ccc(OC)cc2)C1.I. The number of nitrogens with one attached hydrogen (secondary N) is 1. The molecule has 6 nitrogen and oxygen atoms in total. The van der Waals surface area contributed by atoms with E-state index in [0.29, 0.717) is 10.8 Å². The van der Waals surface area contributed by atoms with Crippen molar-refractivity contribution in [2.75, 3.05) is 40.0 Å². The first-order valence-corrected chi connectivity index (χ1v) is 11.7. The second-order valence-corrected chi connectivity index (χ2v) is 9.36. The summed E-state index contributed by atoms with van der Waals surface area (Å²) in [6, 6.07) is 15.4. The molecular formula is C22H30IN3O3S. The molecule has 1 fully saturated rings. The van der Waals surface area contributed by atoms with Crippen LogP contribution in [-0.4, -0.2) is 59.3 Å². The van der Waals surface area contributed by atoms with Crippen LogP contribution in [0.1, 0.15) is 23.5 Å². The van der Waals surface area contributed by atoms with Crippen molar-refractivity contribution in [2.45, 2.75) is 23.7 Å². The van der Waals surface area contributed by atoms with Gasteiger partial charge in [-0.2, -0.15) is 0 Å². The molecule has 1 aliphatic rings. The number of halogens is 1. The van der Waals surface area contributed by atoms with Gasteiger partial charge in [-0.25, -0.2) is 8.42 Å². The van der Waals surface area contributed by atoms with E-state index in [1.807, 2.05) is 31.3 Å². The average Bonchev–Trinajstić information content (AvgIpc) is 3.21. The number of methoxy groups -OCH3 is 1. The molecule has 0 amide bonds. The van der Waals surface area contributed by atoms with Crippen molar-refractivity contribution in [3.63, 3.8) is 0 Å². The predicted molar refractivity (Wildman–Crippen MR) is 132 cm³/mol. The van der Waals surface area contributed by atoms with E-state index in [1.165, 1.54) is 11.8 Å². The zero-order valence-corrected chi connectivity index (χ0v) is 20.8. The van der Waals surface area contributed by atoms with Gasteiger partial charge < -0.3 is 15.0 Å². The summed E-state index contributed by atoms with van der Waals surface area (Å²) in [6.07, 6.45) is 3.13. The van der Waals surface area contributed by atoms with Crippen LogP contribution in [0.4, 0.5) is 0 Å². The Kier molecular flexibility index (Phi) is 8.96. The molecule has 8 heteroatoms. The van der Waals surface area contributed by atoms with Crippen LogP contribution < -0.4 is 10.1 Å². The molecule has 30 heavy (non-hydrogen) atoms. The van der Waals surface area contributed by atoms with E-state index >= 15 is 0 Å². The molecule has 0 saturated carbocycles. The monoisotopic (exact) mass is 543 g/mol. The van der Waals surface area contributed by atoms with Gasteiger partial charge in [0.1, 0.15) is 5.75 Å². The first-order chi connectivity index (χ1) is 13.9. The Morgan fingerprint density at radius 3 is 2.40 bits per heavy atom. The molecule has 0 spiro atoms. The van der Waals surface area contributed by atoms with Gasteiger partial charge in [0.15, 0.2) is 15.8 Å². The van der Waals surface area contributed by atoms with E-state index in [4.69, 9.17) is 4.74 Å². The molecule has 0 aliphatic carbocycles. The molecule has 1 N–H and O–H groups in total. The van der Waals surface area contributed by atoms with Crippen molar-refractivity contribution in [1.29, 1.82) is 0 Å². The van der Waals surface area contributed by atoms with Crippen molar-refractivity contribution in [3.8, 4) is 5.75 Å². The summed E-state index contributed by atoms with van der Waals surface area (Å²) < 4.78 is 28.4. The van der Waals surface area contributed by atoms with Crippen LogP contribution >= 0.6 is 24.0 Å². The summed E-state index contributed by atoms with van der Waals surface area (Å²) in [5.41, 5.74) is 2.42. The number of likely N-dealkylation sites (tertiary alicyclic amines) is 1. The minimum absolute atomic E-state index is 0. The van der Waals surface area contributed by atoms with Crippen LogP contribution in [0.25, 0.3) is 0 Å². The fourth-order valence-electron chi connectivity index (χ4n) is 3.66. The zero-order chi connectivity index (χ0) is 20.9. The summed E-state index contributed by atoms with van der Waals surface area (Å²) in [6.45, 7) is 2.66. The molecule has 3 rings (SSSR count). The number of ether oxygens (including phenoxy) is 1. The largest absolute Gasteiger partial charge is 0.497 e. The van der Waals surface area contributed by atoms with Crippen LogP contribution in [0.15, 0.2) is 58.4 Å². The Balaban J connectivity index is 0.00000320. The summed E-state index contributed by atoms with van der Waals surface area (Å²) in [5.74, 6) is 2.28. The number of hydrogen-bond donors (Lipinski definition) is 1. The second-order valence-electron chi connectivity index (χ2n) is 7.34. The van der Waals surface area contributed by atoms with Crippen molar-refractivity contribution < 1.29 is 13.2 Å². The van der Waals surface area contributed by atoms with Gasteiger partial charge in [0.05, 0.1) is 12.0 Å². The van der Waals surface area contributed by atoms with Gasteiger partial charge in [0, 0.05) is 38.9 Å². The lowest BCUT2D eigenvalue weighted by molar-refractivity contribution is 0.414. The zero-order valence-electron chi connectivity index (χ0n) is 17.7. The number of hydrogen-bond acceptors (Lipinski definition) is 4. The highest BCUT2D eigenvalue weighted by Crippen LogP contribution is 2.28. The summed E-state index contributed by atoms with van der Waals surface area (Å²) >= 11 is 0. The van der Waals surface area contributed by atoms with Crippen LogP contribution in [0.5, 0.6) is 5.75 Å². The quantitative estimate of drug-likeness (QED) is 0.344. The van der Waals surface area contributed by atoms with E-state index < -0.39 is 9.84 Å². The second kappa shape index (κ2) is 11.0. The standard InChI is InChI=1S/C22H29N3O3S.HI/c1-23-22(24-14-12-17-4-10-21(11-5-17)29(3,26)27)25-15-13-19(16-25)18-6-8-20(28-2)9-7-18;/h4-11,19H,12-16H2,1-3H3,(H,23,24);1H. The minimum atomic E-state index is -3.15. The molecule has 1 heterocycles. The highest BCUT2D eigenvalue weighted by Gasteiger charge is 2.25. The Morgan fingerprint density at radius 1 is 1.17 bits per heavy atom. The van der Waals surface area contributed by atoms with E-state index in [1.54, 1.807) is 19.2 Å². The fourth-order valence-corrected chi connectivity index (χ4v) is 4.29. The third-order valence-electron chi connectivity index (χ3n) is 5.34. The number of benzene rings is 2. The molecule has 0 aromatic heterocycles. The summed E-state index contributed by atoms with van der Waals surface area (Å²) in [7, 11) is 0.343. The molecule has 164 valence electrons. The predicted octanol–water partition coefficient (Wildman–Crippen LogP) is 3.32. The van der Waals surface area contributed by atoms with Crippen LogP contribution in [0, 0.1) is 0 Å². The van der Waals surface area contributed by atoms with Crippen molar-refractivity contribution in [3.05, 3.63) is 59.7 Å². The topological polar surface area (TPSA) is 71.0 Å². The molecule has 1 unspecified atom stereocenters. The maximum Gasteiger partial charge on any atom is 0.193 e. The van der Waals surface area contributed by atoms with Gasteiger partial charge in [-0.3, -0.25) is 4.99 Å². The highest BCUT2D eigenvalue weighted by atomic mass is 127. The van der Waals surface area contributed by atoms with Gasteiger partial charge in [0.2, 0.25) is 0 Å². The Bertz CT molecular complexity index is 945. The van der Waals surface area contributed by atoms with Gasteiger partial charge >= 0.3 is 0 Å². The Hall–Kier alpha value is -1.81. The molecule has 0 bridgehead atoms. The summed E-state index contributed by atoms with van der Waals surface area (Å²) in [4.78, 5) is 7.08. The number of aliphatic imine (C=N–C) groups is 1. The average molecular weight is 543 g/mol. The number of nitrogens with zero attached hydrogens (tertiary/aromatic N) is 2. The molecule has 1 atom stereocenters. The van der Waals surface area contributed by atoms with Crippen LogP contribution in [0.3, 0.4) is 0 Å². The lowest BCUT2D eigenvalue weighted by Gasteiger charge is -2.22. The van der Waals surface area contributed by atoms with Gasteiger partial charge in [-0.15, -0.1) is 24.0 Å². The van der Waals surface area contributed by atoms with E-state index in [0.717, 1.165) is 49.7 Å². The van der Waals surface area contributed by atoms with Gasteiger partial charge in [0.25, 0.3) is 0 Å². The Morgan fingerprint density at radius 2 is 1.83 bits per heavy atom. The van der Waals surface area contributed by atoms with Crippen molar-refractivity contribution in [2.24, 2.45) is 4.99 Å². The molecular weight excluding hydrogens is 513 g/mol. The smallest absolute Gasteiger partial charge is 0.193 e. The van der Waals surface area contributed by atoms with Crippen LogP contribution in [0.2, 0.25) is 0 Å². The number of sulfone groups is 1. The minimum Gasteiger partial charge on any atom is -0.497 e. The third-order valence-corrected chi connectivity index (χ3v) is 6.46. The van der Waals surface area contributed by atoms with Crippen LogP contribution in [-0.2, 0) is 16.3 Å². The maximum atomic E-state index is 11.6. The first-order valence-electron chi connectivity index (χ1n) is 9.79. The maximum absolute atomic E-state index is 11.6. The highest BCUT2D eigenvalue weighted by molar-refractivity contribution is 14.0. The van der Waals surface area contributed by atoms with E-state index in [-0.39, 0.29) is 24.0 Å². The molecule has 2 aromatic rings. The normalized spacial score (nSPS) is 16.8. The lowest BCUT2D eigenvalue weighted by atomic mass is 9.98. The lowest BCUT2D eigenvalue weighted by Crippen LogP contribution is -2.40. The van der Waals surface area contributed by atoms with E-state index in [2.05, 4.69) is 27.3 Å². The fraction of sp³-hybridized carbons (Fsp3) is 0.409. The van der Waals surface area contributed by atoms with Gasteiger partial charge in [-0.05, 0) is 48.2 Å². The summed E-state index contributed by atoms with van der Waals surface area (Å²) in [5, 5.41) is 3.43. The number of guanidine groups is 1. The van der Waals surface area contributed by atoms with E-state index in [9.17, 15) is 8.42 Å². The van der Waals surface area contributed by atoms with Gasteiger partial charge in [-0.1, -0.05) is 24.3 Å². The van der Waals surface area contributed by atoms with Crippen molar-refractivity contribution >= 4 is 39.8 Å². The first kappa shape index (κ1) is 24.5. The Labute approximate surface area is 196 Å².